The van der Waals surface area contributed by atoms with Gasteiger partial charge in [-0.2, -0.15) is 13.2 Å². The number of hydrogen-bond acceptors (Lipinski definition) is 2. The van der Waals surface area contributed by atoms with Crippen molar-refractivity contribution in [1.29, 1.82) is 0 Å². The summed E-state index contributed by atoms with van der Waals surface area (Å²) in [6.45, 7) is -0.861. The molecule has 0 aromatic heterocycles. The summed E-state index contributed by atoms with van der Waals surface area (Å²) in [6, 6.07) is -1.97. The van der Waals surface area contributed by atoms with Crippen molar-refractivity contribution in [3.63, 3.8) is 0 Å². The smallest absolute Gasteiger partial charge is 0.471 e. The van der Waals surface area contributed by atoms with Gasteiger partial charge in [-0.25, -0.2) is 13.6 Å². The number of halogens is 5. The summed E-state index contributed by atoms with van der Waals surface area (Å²) in [5, 5.41) is 8.37. The fourth-order valence-corrected chi connectivity index (χ4v) is 0.862. The number of carboxylic acids is 1. The number of rotatable bonds is 4. The molecule has 9 heteroatoms. The Kier molecular flexibility index (Phi) is 4.63. The molecule has 0 aliphatic carbocycles. The molecular formula is C7H8F5NO3. The summed E-state index contributed by atoms with van der Waals surface area (Å²) in [6.07, 6.45) is -8.62. The van der Waals surface area contributed by atoms with Crippen molar-refractivity contribution in [1.82, 2.24) is 4.90 Å². The largest absolute Gasteiger partial charge is 0.480 e. The Morgan fingerprint density at radius 1 is 1.31 bits per heavy atom. The number of nitrogens with zero attached hydrogens (tertiary/aromatic N) is 1. The summed E-state index contributed by atoms with van der Waals surface area (Å²) in [4.78, 5) is 20.6. The summed E-state index contributed by atoms with van der Waals surface area (Å²) >= 11 is 0. The van der Waals surface area contributed by atoms with E-state index < -0.39 is 42.0 Å². The molecule has 94 valence electrons. The van der Waals surface area contributed by atoms with Gasteiger partial charge in [0.25, 0.3) is 6.43 Å². The van der Waals surface area contributed by atoms with Crippen LogP contribution in [0.25, 0.3) is 0 Å². The number of alkyl halides is 5. The van der Waals surface area contributed by atoms with E-state index in [0.29, 0.717) is 6.92 Å². The average Bonchev–Trinajstić information content (AvgIpc) is 2.09. The van der Waals surface area contributed by atoms with Crippen LogP contribution in [0.2, 0.25) is 0 Å². The van der Waals surface area contributed by atoms with E-state index in [2.05, 4.69) is 0 Å². The zero-order chi connectivity index (χ0) is 13.1. The summed E-state index contributed by atoms with van der Waals surface area (Å²) < 4.78 is 59.6. The lowest BCUT2D eigenvalue weighted by molar-refractivity contribution is -0.191. The topological polar surface area (TPSA) is 57.6 Å². The van der Waals surface area contributed by atoms with Gasteiger partial charge >= 0.3 is 18.1 Å². The Bertz CT molecular complexity index is 278. The quantitative estimate of drug-likeness (QED) is 0.759. The predicted octanol–water partition coefficient (Wildman–Crippen LogP) is 1.12. The van der Waals surface area contributed by atoms with Gasteiger partial charge in [0.1, 0.15) is 6.04 Å². The maximum Gasteiger partial charge on any atom is 0.471 e. The molecule has 0 fully saturated rings. The van der Waals surface area contributed by atoms with Crippen molar-refractivity contribution in [3.05, 3.63) is 0 Å². The minimum atomic E-state index is -5.38. The molecule has 16 heavy (non-hydrogen) atoms. The fourth-order valence-electron chi connectivity index (χ4n) is 0.862. The molecule has 0 aliphatic rings. The Hall–Kier alpha value is -1.41. The Balaban J connectivity index is 4.95. The Labute approximate surface area is 86.6 Å². The van der Waals surface area contributed by atoms with Gasteiger partial charge in [-0.05, 0) is 6.92 Å². The molecule has 0 rings (SSSR count). The van der Waals surface area contributed by atoms with Crippen molar-refractivity contribution >= 4 is 11.9 Å². The molecule has 4 nitrogen and oxygen atoms in total. The predicted molar refractivity (Wildman–Crippen MR) is 40.9 cm³/mol. The molecule has 1 amide bonds. The van der Waals surface area contributed by atoms with Gasteiger partial charge in [-0.1, -0.05) is 0 Å². The lowest BCUT2D eigenvalue weighted by Crippen LogP contribution is -2.50. The van der Waals surface area contributed by atoms with E-state index >= 15 is 0 Å². The van der Waals surface area contributed by atoms with Gasteiger partial charge in [0, 0.05) is 0 Å². The van der Waals surface area contributed by atoms with Crippen molar-refractivity contribution < 1.29 is 36.6 Å². The van der Waals surface area contributed by atoms with Gasteiger partial charge in [-0.3, -0.25) is 4.79 Å². The van der Waals surface area contributed by atoms with Crippen LogP contribution in [0, 0.1) is 0 Å². The van der Waals surface area contributed by atoms with E-state index in [0.717, 1.165) is 0 Å². The third kappa shape index (κ3) is 3.99. The molecule has 1 atom stereocenters. The Morgan fingerprint density at radius 2 is 1.75 bits per heavy atom. The number of aliphatic carboxylic acids is 1. The lowest BCUT2D eigenvalue weighted by Gasteiger charge is -2.26. The molecule has 0 spiro atoms. The number of amides is 1. The third-order valence-corrected chi connectivity index (χ3v) is 1.66. The molecule has 0 bridgehead atoms. The molecule has 1 N–H and O–H groups in total. The van der Waals surface area contributed by atoms with E-state index in [1.54, 1.807) is 0 Å². The first-order valence-corrected chi connectivity index (χ1v) is 3.96. The van der Waals surface area contributed by atoms with Crippen LogP contribution in [0.5, 0.6) is 0 Å². The highest BCUT2D eigenvalue weighted by atomic mass is 19.4. The van der Waals surface area contributed by atoms with Crippen molar-refractivity contribution in [2.45, 2.75) is 25.6 Å². The highest BCUT2D eigenvalue weighted by Crippen LogP contribution is 2.20. The van der Waals surface area contributed by atoms with Crippen molar-refractivity contribution in [3.8, 4) is 0 Å². The number of carbonyl (C=O) groups is 2. The van der Waals surface area contributed by atoms with E-state index in [9.17, 15) is 31.5 Å². The fraction of sp³-hybridized carbons (Fsp3) is 0.714. The second kappa shape index (κ2) is 5.08. The SMILES string of the molecule is CC(C(=O)O)N(CC(F)F)C(=O)C(F)(F)F. The van der Waals surface area contributed by atoms with Gasteiger partial charge < -0.3 is 10.0 Å². The highest BCUT2D eigenvalue weighted by Gasteiger charge is 2.45. The van der Waals surface area contributed by atoms with Gasteiger partial charge in [0.15, 0.2) is 0 Å². The molecule has 0 saturated heterocycles. The molecule has 0 heterocycles. The number of carboxylic acid groups (broad SMARTS) is 1. The molecule has 1 unspecified atom stereocenters. The number of carbonyl (C=O) groups excluding carboxylic acids is 1. The molecule has 0 aliphatic heterocycles. The third-order valence-electron chi connectivity index (χ3n) is 1.66. The van der Waals surface area contributed by atoms with Crippen LogP contribution in [0.4, 0.5) is 22.0 Å². The molecule has 0 saturated carbocycles. The zero-order valence-corrected chi connectivity index (χ0v) is 7.96. The van der Waals surface area contributed by atoms with Gasteiger partial charge in [-0.15, -0.1) is 0 Å². The van der Waals surface area contributed by atoms with E-state index in [1.165, 1.54) is 0 Å². The van der Waals surface area contributed by atoms with Crippen LogP contribution in [-0.4, -0.2) is 47.1 Å². The van der Waals surface area contributed by atoms with Crippen LogP contribution >= 0.6 is 0 Å². The molecule has 0 aromatic rings. The second-order valence-corrected chi connectivity index (χ2v) is 2.86. The molecule has 0 aromatic carbocycles. The van der Waals surface area contributed by atoms with Crippen LogP contribution in [-0.2, 0) is 9.59 Å². The highest BCUT2D eigenvalue weighted by molar-refractivity contribution is 5.86. The van der Waals surface area contributed by atoms with Gasteiger partial charge in [0.05, 0.1) is 6.54 Å². The minimum Gasteiger partial charge on any atom is -0.480 e. The maximum atomic E-state index is 11.9. The zero-order valence-electron chi connectivity index (χ0n) is 7.96. The van der Waals surface area contributed by atoms with Crippen LogP contribution in [0.15, 0.2) is 0 Å². The summed E-state index contributed by atoms with van der Waals surface area (Å²) in [7, 11) is 0. The molecular weight excluding hydrogens is 241 g/mol. The minimum absolute atomic E-state index is 0.424. The van der Waals surface area contributed by atoms with E-state index in [4.69, 9.17) is 5.11 Å². The first-order valence-electron chi connectivity index (χ1n) is 3.96. The second-order valence-electron chi connectivity index (χ2n) is 2.86. The van der Waals surface area contributed by atoms with Crippen LogP contribution < -0.4 is 0 Å². The first kappa shape index (κ1) is 14.6. The Morgan fingerprint density at radius 3 is 2.00 bits per heavy atom. The van der Waals surface area contributed by atoms with Crippen LogP contribution in [0.3, 0.4) is 0 Å². The van der Waals surface area contributed by atoms with Crippen molar-refractivity contribution in [2.24, 2.45) is 0 Å². The van der Waals surface area contributed by atoms with E-state index in [1.807, 2.05) is 0 Å². The lowest BCUT2D eigenvalue weighted by atomic mass is 10.2. The monoisotopic (exact) mass is 249 g/mol. The van der Waals surface area contributed by atoms with Crippen LogP contribution in [0.1, 0.15) is 6.92 Å². The van der Waals surface area contributed by atoms with Gasteiger partial charge in [0.2, 0.25) is 0 Å². The maximum absolute atomic E-state index is 11.9. The normalized spacial score (nSPS) is 13.7. The standard InChI is InChI=1S/C7H8F5NO3/c1-3(5(14)15)13(2-4(8)9)6(16)7(10,11)12/h3-4H,2H2,1H3,(H,14,15). The first-order chi connectivity index (χ1) is 7.07. The summed E-state index contributed by atoms with van der Waals surface area (Å²) in [5.41, 5.74) is 0. The molecule has 0 radical (unpaired) electrons. The summed E-state index contributed by atoms with van der Waals surface area (Å²) in [5.74, 6) is -4.39. The van der Waals surface area contributed by atoms with Crippen molar-refractivity contribution in [2.75, 3.05) is 6.54 Å². The number of hydrogen-bond donors (Lipinski definition) is 1. The van der Waals surface area contributed by atoms with E-state index in [-0.39, 0.29) is 0 Å². The average molecular weight is 249 g/mol.